The summed E-state index contributed by atoms with van der Waals surface area (Å²) in [5, 5.41) is 0. The molecule has 0 aliphatic carbocycles. The number of rotatable bonds is 6. The van der Waals surface area contributed by atoms with Gasteiger partial charge in [-0.1, -0.05) is 26.0 Å². The molecule has 2 rings (SSSR count). The Balaban J connectivity index is 0.00000220. The molecule has 0 aliphatic heterocycles. The summed E-state index contributed by atoms with van der Waals surface area (Å²) in [6.45, 7) is 4.49. The number of H-pyrrole nitrogens is 1. The van der Waals surface area contributed by atoms with Crippen molar-refractivity contribution in [1.82, 2.24) is 14.7 Å². The number of halogens is 1. The fourth-order valence-electron chi connectivity index (χ4n) is 1.86. The van der Waals surface area contributed by atoms with E-state index in [1.165, 1.54) is 0 Å². The van der Waals surface area contributed by atoms with Gasteiger partial charge in [-0.2, -0.15) is 0 Å². The number of aromatic nitrogens is 2. The molecule has 7 heteroatoms. The predicted molar refractivity (Wildman–Crippen MR) is 85.3 cm³/mol. The Morgan fingerprint density at radius 2 is 1.90 bits per heavy atom. The van der Waals surface area contributed by atoms with E-state index >= 15 is 0 Å². The molecule has 1 heterocycles. The quantitative estimate of drug-likeness (QED) is 0.855. The highest BCUT2D eigenvalue weighted by molar-refractivity contribution is 7.89. The largest absolute Gasteiger partial charge is 0.348 e. The average Bonchev–Trinajstić information content (AvgIpc) is 2.92. The van der Waals surface area contributed by atoms with E-state index in [9.17, 15) is 8.42 Å². The maximum atomic E-state index is 12.1. The third-order valence-electron chi connectivity index (χ3n) is 3.10. The molecule has 116 valence electrons. The van der Waals surface area contributed by atoms with Crippen LogP contribution in [0.2, 0.25) is 0 Å². The Hall–Kier alpha value is -1.37. The zero-order valence-corrected chi connectivity index (χ0v) is 13.7. The standard InChI is InChI=1S/C14H19N3O2S.ClH/c1-11(2)12-3-5-14(6-4-12)20(18,19)17-8-7-13-9-15-10-16-13;/h3-6,9-11,17H,7-8H2,1-2H3,(H,15,16);1H. The zero-order chi connectivity index (χ0) is 14.6. The van der Waals surface area contributed by atoms with Crippen molar-refractivity contribution in [2.75, 3.05) is 6.54 Å². The third kappa shape index (κ3) is 4.84. The molecule has 0 amide bonds. The van der Waals surface area contributed by atoms with Gasteiger partial charge in [-0.25, -0.2) is 18.1 Å². The molecule has 1 aromatic heterocycles. The van der Waals surface area contributed by atoms with E-state index < -0.39 is 10.0 Å². The molecule has 0 unspecified atom stereocenters. The van der Waals surface area contributed by atoms with Crippen molar-refractivity contribution in [2.24, 2.45) is 0 Å². The summed E-state index contributed by atoms with van der Waals surface area (Å²) >= 11 is 0. The van der Waals surface area contributed by atoms with Crippen LogP contribution in [0.15, 0.2) is 41.7 Å². The first-order chi connectivity index (χ1) is 9.49. The molecule has 0 radical (unpaired) electrons. The number of imidazole rings is 1. The van der Waals surface area contributed by atoms with Crippen LogP contribution in [0, 0.1) is 0 Å². The summed E-state index contributed by atoms with van der Waals surface area (Å²) in [4.78, 5) is 7.12. The van der Waals surface area contributed by atoms with Crippen LogP contribution >= 0.6 is 12.4 Å². The minimum Gasteiger partial charge on any atom is -0.348 e. The van der Waals surface area contributed by atoms with Gasteiger partial charge >= 0.3 is 0 Å². The Morgan fingerprint density at radius 3 is 2.43 bits per heavy atom. The maximum Gasteiger partial charge on any atom is 0.240 e. The molecule has 0 atom stereocenters. The molecular formula is C14H20ClN3O2S. The van der Waals surface area contributed by atoms with Crippen LogP contribution < -0.4 is 4.72 Å². The Labute approximate surface area is 131 Å². The minimum atomic E-state index is -3.44. The number of benzene rings is 1. The fourth-order valence-corrected chi connectivity index (χ4v) is 2.89. The first-order valence-corrected chi connectivity index (χ1v) is 8.04. The lowest BCUT2D eigenvalue weighted by molar-refractivity contribution is 0.581. The summed E-state index contributed by atoms with van der Waals surface area (Å²) in [6.07, 6.45) is 3.85. The molecule has 0 saturated carbocycles. The van der Waals surface area contributed by atoms with Gasteiger partial charge in [0.15, 0.2) is 0 Å². The van der Waals surface area contributed by atoms with Crippen LogP contribution in [-0.4, -0.2) is 24.9 Å². The lowest BCUT2D eigenvalue weighted by Crippen LogP contribution is -2.26. The zero-order valence-electron chi connectivity index (χ0n) is 12.0. The average molecular weight is 330 g/mol. The Bertz CT molecular complexity index is 637. The topological polar surface area (TPSA) is 74.8 Å². The summed E-state index contributed by atoms with van der Waals surface area (Å²) in [5.74, 6) is 0.389. The summed E-state index contributed by atoms with van der Waals surface area (Å²) in [6, 6.07) is 7.00. The lowest BCUT2D eigenvalue weighted by atomic mass is 10.0. The molecule has 5 nitrogen and oxygen atoms in total. The van der Waals surface area contributed by atoms with Crippen LogP contribution in [0.3, 0.4) is 0 Å². The van der Waals surface area contributed by atoms with Gasteiger partial charge in [0.05, 0.1) is 11.2 Å². The van der Waals surface area contributed by atoms with Gasteiger partial charge in [-0.05, 0) is 23.6 Å². The van der Waals surface area contributed by atoms with Crippen molar-refractivity contribution in [2.45, 2.75) is 31.1 Å². The lowest BCUT2D eigenvalue weighted by Gasteiger charge is -2.08. The third-order valence-corrected chi connectivity index (χ3v) is 4.58. The highest BCUT2D eigenvalue weighted by atomic mass is 35.5. The monoisotopic (exact) mass is 329 g/mol. The SMILES string of the molecule is CC(C)c1ccc(S(=O)(=O)NCCc2cnc[nH]2)cc1.Cl. The summed E-state index contributed by atoms with van der Waals surface area (Å²) in [5.41, 5.74) is 2.03. The number of nitrogens with one attached hydrogen (secondary N) is 2. The van der Waals surface area contributed by atoms with E-state index in [0.717, 1.165) is 11.3 Å². The van der Waals surface area contributed by atoms with Gasteiger partial charge in [-0.15, -0.1) is 12.4 Å². The van der Waals surface area contributed by atoms with E-state index in [4.69, 9.17) is 0 Å². The number of hydrogen-bond acceptors (Lipinski definition) is 3. The van der Waals surface area contributed by atoms with Crippen LogP contribution in [-0.2, 0) is 16.4 Å². The van der Waals surface area contributed by atoms with Gasteiger partial charge in [0.2, 0.25) is 10.0 Å². The van der Waals surface area contributed by atoms with E-state index in [1.807, 2.05) is 12.1 Å². The van der Waals surface area contributed by atoms with Crippen LogP contribution in [0.25, 0.3) is 0 Å². The van der Waals surface area contributed by atoms with Crippen LogP contribution in [0.4, 0.5) is 0 Å². The van der Waals surface area contributed by atoms with E-state index in [1.54, 1.807) is 24.7 Å². The van der Waals surface area contributed by atoms with Crippen LogP contribution in [0.5, 0.6) is 0 Å². The second-order valence-electron chi connectivity index (χ2n) is 4.95. The second-order valence-corrected chi connectivity index (χ2v) is 6.72. The van der Waals surface area contributed by atoms with Gasteiger partial charge in [0, 0.05) is 24.9 Å². The summed E-state index contributed by atoms with van der Waals surface area (Å²) in [7, 11) is -3.44. The van der Waals surface area contributed by atoms with Gasteiger partial charge in [-0.3, -0.25) is 0 Å². The highest BCUT2D eigenvalue weighted by Crippen LogP contribution is 2.17. The number of nitrogens with zero attached hydrogens (tertiary/aromatic N) is 1. The number of sulfonamides is 1. The molecule has 0 fully saturated rings. The van der Waals surface area contributed by atoms with Gasteiger partial charge < -0.3 is 4.98 Å². The van der Waals surface area contributed by atoms with E-state index in [-0.39, 0.29) is 12.4 Å². The second kappa shape index (κ2) is 7.59. The molecular weight excluding hydrogens is 310 g/mol. The predicted octanol–water partition coefficient (Wildman–Crippen LogP) is 2.48. The molecule has 21 heavy (non-hydrogen) atoms. The van der Waals surface area contributed by atoms with Crippen molar-refractivity contribution < 1.29 is 8.42 Å². The molecule has 0 spiro atoms. The fraction of sp³-hybridized carbons (Fsp3) is 0.357. The van der Waals surface area contributed by atoms with E-state index in [2.05, 4.69) is 28.5 Å². The Kier molecular flexibility index (Phi) is 6.39. The molecule has 0 saturated heterocycles. The van der Waals surface area contributed by atoms with Gasteiger partial charge in [0.1, 0.15) is 0 Å². The Morgan fingerprint density at radius 1 is 1.24 bits per heavy atom. The van der Waals surface area contributed by atoms with Crippen molar-refractivity contribution in [3.63, 3.8) is 0 Å². The normalized spacial score (nSPS) is 11.4. The molecule has 0 bridgehead atoms. The smallest absolute Gasteiger partial charge is 0.240 e. The van der Waals surface area contributed by atoms with Crippen molar-refractivity contribution in [3.8, 4) is 0 Å². The van der Waals surface area contributed by atoms with Crippen molar-refractivity contribution in [3.05, 3.63) is 48.0 Å². The first kappa shape index (κ1) is 17.7. The molecule has 2 aromatic rings. The molecule has 1 aromatic carbocycles. The van der Waals surface area contributed by atoms with E-state index in [0.29, 0.717) is 23.8 Å². The first-order valence-electron chi connectivity index (χ1n) is 6.56. The molecule has 2 N–H and O–H groups in total. The number of hydrogen-bond donors (Lipinski definition) is 2. The summed E-state index contributed by atoms with van der Waals surface area (Å²) < 4.78 is 26.8. The van der Waals surface area contributed by atoms with Gasteiger partial charge in [0.25, 0.3) is 0 Å². The maximum absolute atomic E-state index is 12.1. The van der Waals surface area contributed by atoms with Crippen molar-refractivity contribution in [1.29, 1.82) is 0 Å². The number of aromatic amines is 1. The van der Waals surface area contributed by atoms with Crippen molar-refractivity contribution >= 4 is 22.4 Å². The highest BCUT2D eigenvalue weighted by Gasteiger charge is 2.13. The van der Waals surface area contributed by atoms with Crippen LogP contribution in [0.1, 0.15) is 31.0 Å². The minimum absolute atomic E-state index is 0. The molecule has 0 aliphatic rings.